The third-order valence-corrected chi connectivity index (χ3v) is 4.78. The van der Waals surface area contributed by atoms with E-state index < -0.39 is 11.4 Å². The molecule has 1 aliphatic heterocycles. The van der Waals surface area contributed by atoms with E-state index in [9.17, 15) is 24.3 Å². The van der Waals surface area contributed by atoms with Crippen molar-refractivity contribution in [3.63, 3.8) is 0 Å². The molecule has 2 heterocycles. The van der Waals surface area contributed by atoms with Crippen LogP contribution in [0.15, 0.2) is 33.9 Å². The molecule has 1 amide bonds. The number of carboxylic acid groups (broad SMARTS) is 1. The Morgan fingerprint density at radius 3 is 2.56 bits per heavy atom. The Kier molecular flexibility index (Phi) is 4.20. The molecule has 25 heavy (non-hydrogen) atoms. The van der Waals surface area contributed by atoms with Gasteiger partial charge in [0, 0.05) is 19.5 Å². The van der Waals surface area contributed by atoms with Gasteiger partial charge in [-0.15, -0.1) is 0 Å². The van der Waals surface area contributed by atoms with Gasteiger partial charge in [-0.1, -0.05) is 12.1 Å². The first-order valence-electron chi connectivity index (χ1n) is 8.05. The molecule has 1 aromatic heterocycles. The molecule has 1 aromatic carbocycles. The Bertz CT molecular complexity index is 961. The van der Waals surface area contributed by atoms with Crippen molar-refractivity contribution in [1.29, 1.82) is 0 Å². The molecule has 8 heteroatoms. The Morgan fingerprint density at radius 2 is 1.92 bits per heavy atom. The lowest BCUT2D eigenvalue weighted by atomic mass is 9.90. The zero-order chi connectivity index (χ0) is 18.2. The van der Waals surface area contributed by atoms with E-state index in [4.69, 9.17) is 0 Å². The molecule has 0 aliphatic carbocycles. The average Bonchev–Trinajstić information content (AvgIpc) is 3.00. The van der Waals surface area contributed by atoms with E-state index in [0.29, 0.717) is 23.7 Å². The Morgan fingerprint density at radius 1 is 1.24 bits per heavy atom. The molecule has 1 atom stereocenters. The molecule has 0 spiro atoms. The van der Waals surface area contributed by atoms with E-state index in [0.717, 1.165) is 4.68 Å². The third-order valence-electron chi connectivity index (χ3n) is 4.78. The van der Waals surface area contributed by atoms with Gasteiger partial charge in [-0.25, -0.2) is 4.68 Å². The maximum Gasteiger partial charge on any atom is 0.311 e. The normalized spacial score (nSPS) is 20.1. The predicted octanol–water partition coefficient (Wildman–Crippen LogP) is 0.403. The minimum Gasteiger partial charge on any atom is -0.481 e. The number of H-pyrrole nitrogens is 1. The molecular formula is C17H19N3O5. The fourth-order valence-electron chi connectivity index (χ4n) is 3.12. The second-order valence-electron chi connectivity index (χ2n) is 6.62. The molecule has 0 saturated carbocycles. The quantitative estimate of drug-likeness (QED) is 0.833. The van der Waals surface area contributed by atoms with E-state index in [2.05, 4.69) is 5.10 Å². The first-order valence-corrected chi connectivity index (χ1v) is 8.05. The van der Waals surface area contributed by atoms with Crippen molar-refractivity contribution in [2.24, 2.45) is 5.41 Å². The van der Waals surface area contributed by atoms with Crippen LogP contribution in [0.1, 0.15) is 19.8 Å². The highest BCUT2D eigenvalue weighted by molar-refractivity contribution is 5.81. The summed E-state index contributed by atoms with van der Waals surface area (Å²) in [5, 5.41) is 12.3. The molecule has 2 N–H and O–H groups in total. The number of nitrogens with one attached hydrogen (secondary N) is 1. The fourth-order valence-corrected chi connectivity index (χ4v) is 3.12. The summed E-state index contributed by atoms with van der Waals surface area (Å²) in [6.45, 7) is 2.20. The zero-order valence-electron chi connectivity index (χ0n) is 13.8. The number of nitrogens with zero attached hydrogens (tertiary/aromatic N) is 2. The minimum atomic E-state index is -0.927. The lowest BCUT2D eigenvalue weighted by Crippen LogP contribution is -2.36. The molecule has 1 unspecified atom stereocenters. The number of amides is 1. The standard InChI is InChI=1S/C17H19N3O5/c1-17(16(24)25)7-9-19(10-17)13(21)6-8-20-15(23)12-5-3-2-4-11(12)14(22)18-20/h2-5H,6-10H2,1H3,(H,18,22)(H,24,25). The van der Waals surface area contributed by atoms with Gasteiger partial charge in [0.2, 0.25) is 5.91 Å². The number of aromatic amines is 1. The number of fused-ring (bicyclic) bond motifs is 1. The largest absolute Gasteiger partial charge is 0.481 e. The van der Waals surface area contributed by atoms with Crippen LogP contribution in [-0.4, -0.2) is 44.8 Å². The topological polar surface area (TPSA) is 112 Å². The van der Waals surface area contributed by atoms with Crippen LogP contribution in [0.4, 0.5) is 0 Å². The molecule has 1 fully saturated rings. The van der Waals surface area contributed by atoms with Gasteiger partial charge in [0.15, 0.2) is 0 Å². The third kappa shape index (κ3) is 3.07. The van der Waals surface area contributed by atoms with Crippen molar-refractivity contribution in [3.05, 3.63) is 45.0 Å². The maximum atomic E-state index is 12.4. The van der Waals surface area contributed by atoms with Gasteiger partial charge in [-0.05, 0) is 25.5 Å². The molecule has 1 aliphatic rings. The molecular weight excluding hydrogens is 326 g/mol. The number of hydrogen-bond donors (Lipinski definition) is 2. The fraction of sp³-hybridized carbons (Fsp3) is 0.412. The molecule has 2 aromatic rings. The Hall–Kier alpha value is -2.90. The highest BCUT2D eigenvalue weighted by Crippen LogP contribution is 2.30. The van der Waals surface area contributed by atoms with E-state index in [1.807, 2.05) is 0 Å². The van der Waals surface area contributed by atoms with Crippen LogP contribution in [0.25, 0.3) is 10.8 Å². The Balaban J connectivity index is 1.74. The summed E-state index contributed by atoms with van der Waals surface area (Å²) in [4.78, 5) is 49.5. The SMILES string of the molecule is CC1(C(=O)O)CCN(C(=O)CCn2[nH]c(=O)c3ccccc3c2=O)C1. The average molecular weight is 345 g/mol. The first-order chi connectivity index (χ1) is 11.8. The van der Waals surface area contributed by atoms with Crippen LogP contribution in [0.3, 0.4) is 0 Å². The summed E-state index contributed by atoms with van der Waals surface area (Å²) in [7, 11) is 0. The van der Waals surface area contributed by atoms with Crippen LogP contribution in [0.5, 0.6) is 0 Å². The van der Waals surface area contributed by atoms with Crippen molar-refractivity contribution in [3.8, 4) is 0 Å². The maximum absolute atomic E-state index is 12.4. The molecule has 1 saturated heterocycles. The summed E-state index contributed by atoms with van der Waals surface area (Å²) in [5.41, 5.74) is -1.67. The summed E-state index contributed by atoms with van der Waals surface area (Å²) < 4.78 is 1.13. The summed E-state index contributed by atoms with van der Waals surface area (Å²) in [6, 6.07) is 6.50. The Labute approximate surface area is 142 Å². The van der Waals surface area contributed by atoms with Gasteiger partial charge < -0.3 is 10.0 Å². The molecule has 3 rings (SSSR count). The highest BCUT2D eigenvalue weighted by atomic mass is 16.4. The van der Waals surface area contributed by atoms with Gasteiger partial charge >= 0.3 is 5.97 Å². The van der Waals surface area contributed by atoms with Crippen molar-refractivity contribution < 1.29 is 14.7 Å². The van der Waals surface area contributed by atoms with E-state index in [1.54, 1.807) is 31.2 Å². The van der Waals surface area contributed by atoms with Gasteiger partial charge in [0.1, 0.15) is 0 Å². The number of aliphatic carboxylic acids is 1. The van der Waals surface area contributed by atoms with Gasteiger partial charge in [-0.3, -0.25) is 24.3 Å². The number of likely N-dealkylation sites (tertiary alicyclic amines) is 1. The van der Waals surface area contributed by atoms with Gasteiger partial charge in [0.25, 0.3) is 11.1 Å². The molecule has 132 valence electrons. The summed E-state index contributed by atoms with van der Waals surface area (Å²) in [6.07, 6.45) is 0.421. The van der Waals surface area contributed by atoms with Crippen molar-refractivity contribution in [2.45, 2.75) is 26.3 Å². The monoisotopic (exact) mass is 345 g/mol. The van der Waals surface area contributed by atoms with E-state index in [-0.39, 0.29) is 36.5 Å². The van der Waals surface area contributed by atoms with Crippen LogP contribution in [0, 0.1) is 5.41 Å². The van der Waals surface area contributed by atoms with Crippen molar-refractivity contribution in [2.75, 3.05) is 13.1 Å². The van der Waals surface area contributed by atoms with Crippen LogP contribution >= 0.6 is 0 Å². The lowest BCUT2D eigenvalue weighted by molar-refractivity contribution is -0.147. The number of carboxylic acids is 1. The number of rotatable bonds is 4. The molecule has 0 bridgehead atoms. The highest BCUT2D eigenvalue weighted by Gasteiger charge is 2.41. The smallest absolute Gasteiger partial charge is 0.311 e. The molecule has 0 radical (unpaired) electrons. The minimum absolute atomic E-state index is 0.0177. The zero-order valence-corrected chi connectivity index (χ0v) is 13.8. The molecule has 8 nitrogen and oxygen atoms in total. The number of aromatic nitrogens is 2. The number of benzene rings is 1. The van der Waals surface area contributed by atoms with E-state index in [1.165, 1.54) is 4.90 Å². The van der Waals surface area contributed by atoms with Gasteiger partial charge in [-0.2, -0.15) is 0 Å². The van der Waals surface area contributed by atoms with Crippen LogP contribution in [-0.2, 0) is 16.1 Å². The van der Waals surface area contributed by atoms with Gasteiger partial charge in [0.05, 0.1) is 22.7 Å². The van der Waals surface area contributed by atoms with E-state index >= 15 is 0 Å². The second kappa shape index (κ2) is 6.19. The van der Waals surface area contributed by atoms with Crippen molar-refractivity contribution >= 4 is 22.6 Å². The second-order valence-corrected chi connectivity index (χ2v) is 6.62. The predicted molar refractivity (Wildman–Crippen MR) is 90.4 cm³/mol. The summed E-state index contributed by atoms with van der Waals surface area (Å²) >= 11 is 0. The van der Waals surface area contributed by atoms with Crippen molar-refractivity contribution in [1.82, 2.24) is 14.7 Å². The van der Waals surface area contributed by atoms with Crippen LogP contribution < -0.4 is 11.1 Å². The van der Waals surface area contributed by atoms with Crippen LogP contribution in [0.2, 0.25) is 0 Å². The number of hydrogen-bond acceptors (Lipinski definition) is 4. The summed E-state index contributed by atoms with van der Waals surface area (Å²) in [5.74, 6) is -1.15. The number of carbonyl (C=O) groups excluding carboxylic acids is 1. The number of aryl methyl sites for hydroxylation is 1. The number of carbonyl (C=O) groups is 2. The lowest BCUT2D eigenvalue weighted by Gasteiger charge is -2.20. The first kappa shape index (κ1) is 16.9.